The molecule has 1 saturated carbocycles. The zero-order chi connectivity index (χ0) is 19.3. The van der Waals surface area contributed by atoms with Crippen molar-refractivity contribution in [2.24, 2.45) is 5.92 Å². The number of hydrogen-bond donors (Lipinski definition) is 0. The van der Waals surface area contributed by atoms with Crippen molar-refractivity contribution in [2.75, 3.05) is 33.2 Å². The van der Waals surface area contributed by atoms with Crippen molar-refractivity contribution >= 4 is 11.8 Å². The highest BCUT2D eigenvalue weighted by molar-refractivity contribution is 7.99. The third-order valence-corrected chi connectivity index (χ3v) is 6.89. The number of ether oxygens (including phenoxy) is 3. The number of benzene rings is 1. The smallest absolute Gasteiger partial charge is 0.191 e. The minimum absolute atomic E-state index is 0.467. The molecule has 2 heterocycles. The Hall–Kier alpha value is -1.73. The molecule has 28 heavy (non-hydrogen) atoms. The van der Waals surface area contributed by atoms with E-state index in [4.69, 9.17) is 14.2 Å². The van der Waals surface area contributed by atoms with E-state index in [1.165, 1.54) is 32.1 Å². The van der Waals surface area contributed by atoms with Gasteiger partial charge in [-0.1, -0.05) is 31.0 Å². The normalized spacial score (nSPS) is 20.4. The van der Waals surface area contributed by atoms with Crippen LogP contribution in [0, 0.1) is 5.92 Å². The Balaban J connectivity index is 1.65. The number of thioether (sulfide) groups is 1. The summed E-state index contributed by atoms with van der Waals surface area (Å²) < 4.78 is 18.8. The molecule has 2 fully saturated rings. The first-order valence-electron chi connectivity index (χ1n) is 10.2. The molecule has 0 radical (unpaired) electrons. The minimum atomic E-state index is 0.467. The molecule has 0 bridgehead atoms. The molecule has 1 atom stereocenters. The van der Waals surface area contributed by atoms with E-state index < -0.39 is 0 Å². The van der Waals surface area contributed by atoms with Gasteiger partial charge in [0.25, 0.3) is 0 Å². The molecule has 0 N–H and O–H groups in total. The van der Waals surface area contributed by atoms with Crippen LogP contribution in [0.4, 0.5) is 0 Å². The Morgan fingerprint density at radius 3 is 2.61 bits per heavy atom. The van der Waals surface area contributed by atoms with Crippen molar-refractivity contribution in [2.45, 2.75) is 49.7 Å². The Kier molecular flexibility index (Phi) is 6.42. The maximum absolute atomic E-state index is 5.53. The molecular weight excluding hydrogens is 374 g/mol. The molecule has 1 aliphatic carbocycles. The third-order valence-electron chi connectivity index (χ3n) is 5.72. The second-order valence-electron chi connectivity index (χ2n) is 7.58. The average molecular weight is 404 g/mol. The predicted molar refractivity (Wildman–Crippen MR) is 110 cm³/mol. The highest BCUT2D eigenvalue weighted by Crippen LogP contribution is 2.38. The van der Waals surface area contributed by atoms with Gasteiger partial charge >= 0.3 is 0 Å². The molecule has 0 spiro atoms. The lowest BCUT2D eigenvalue weighted by atomic mass is 9.95. The molecule has 1 aliphatic heterocycles. The van der Waals surface area contributed by atoms with Gasteiger partial charge in [0, 0.05) is 24.0 Å². The molecule has 2 aromatic rings. The molecular formula is C21H29N3O3S. The number of methoxy groups -OCH3 is 2. The number of aromatic nitrogens is 3. The van der Waals surface area contributed by atoms with Crippen molar-refractivity contribution in [1.82, 2.24) is 14.8 Å². The molecule has 152 valence electrons. The fourth-order valence-corrected chi connectivity index (χ4v) is 5.24. The van der Waals surface area contributed by atoms with Crippen molar-refractivity contribution in [3.63, 3.8) is 0 Å². The summed E-state index contributed by atoms with van der Waals surface area (Å²) in [4.78, 5) is 0. The van der Waals surface area contributed by atoms with E-state index in [-0.39, 0.29) is 0 Å². The van der Waals surface area contributed by atoms with Crippen LogP contribution in [0.1, 0.15) is 44.6 Å². The van der Waals surface area contributed by atoms with E-state index in [0.717, 1.165) is 53.4 Å². The van der Waals surface area contributed by atoms with E-state index >= 15 is 0 Å². The Morgan fingerprint density at radius 2 is 1.89 bits per heavy atom. The topological polar surface area (TPSA) is 58.4 Å². The summed E-state index contributed by atoms with van der Waals surface area (Å²) in [6.45, 7) is 1.75. The van der Waals surface area contributed by atoms with Gasteiger partial charge in [-0.05, 0) is 43.4 Å². The van der Waals surface area contributed by atoms with Crippen LogP contribution in [0.3, 0.4) is 0 Å². The molecule has 4 rings (SSSR count). The Bertz CT molecular complexity index is 783. The summed E-state index contributed by atoms with van der Waals surface area (Å²) in [5, 5.41) is 10.2. The summed E-state index contributed by atoms with van der Waals surface area (Å²) in [7, 11) is 3.32. The van der Waals surface area contributed by atoms with Gasteiger partial charge in [-0.2, -0.15) is 0 Å². The summed E-state index contributed by atoms with van der Waals surface area (Å²) >= 11 is 1.82. The second kappa shape index (κ2) is 9.18. The van der Waals surface area contributed by atoms with Crippen molar-refractivity contribution in [3.05, 3.63) is 18.2 Å². The SMILES string of the molecule is COc1ccc(-c2nnc(SCC3CCOC3)n2C2CCCCC2)cc1OC. The van der Waals surface area contributed by atoms with Gasteiger partial charge in [-0.3, -0.25) is 4.57 Å². The summed E-state index contributed by atoms with van der Waals surface area (Å²) in [5.74, 6) is 4.03. The predicted octanol–water partition coefficient (Wildman–Crippen LogP) is 4.60. The van der Waals surface area contributed by atoms with Crippen molar-refractivity contribution < 1.29 is 14.2 Å². The van der Waals surface area contributed by atoms with Crippen LogP contribution >= 0.6 is 11.8 Å². The maximum Gasteiger partial charge on any atom is 0.191 e. The molecule has 1 saturated heterocycles. The average Bonchev–Trinajstić information content (AvgIpc) is 3.42. The Labute approximate surface area is 171 Å². The van der Waals surface area contributed by atoms with Crippen LogP contribution in [0.25, 0.3) is 11.4 Å². The highest BCUT2D eigenvalue weighted by Gasteiger charge is 2.25. The van der Waals surface area contributed by atoms with E-state index in [9.17, 15) is 0 Å². The van der Waals surface area contributed by atoms with Crippen LogP contribution in [-0.4, -0.2) is 48.0 Å². The van der Waals surface area contributed by atoms with Gasteiger partial charge in [0.1, 0.15) is 0 Å². The van der Waals surface area contributed by atoms with Gasteiger partial charge < -0.3 is 14.2 Å². The van der Waals surface area contributed by atoms with Gasteiger partial charge in [-0.25, -0.2) is 0 Å². The molecule has 2 aliphatic rings. The van der Waals surface area contributed by atoms with Gasteiger partial charge in [0.2, 0.25) is 0 Å². The number of hydrogen-bond acceptors (Lipinski definition) is 6. The quantitative estimate of drug-likeness (QED) is 0.630. The standard InChI is InChI=1S/C21H29N3O3S/c1-25-18-9-8-16(12-19(18)26-2)20-22-23-21(28-14-15-10-11-27-13-15)24(20)17-6-4-3-5-7-17/h8-9,12,15,17H,3-7,10-11,13-14H2,1-2H3. The van der Waals surface area contributed by atoms with Crippen molar-refractivity contribution in [1.29, 1.82) is 0 Å². The number of nitrogens with zero attached hydrogens (tertiary/aromatic N) is 3. The molecule has 7 heteroatoms. The summed E-state index contributed by atoms with van der Waals surface area (Å²) in [6.07, 6.45) is 7.40. The highest BCUT2D eigenvalue weighted by atomic mass is 32.2. The summed E-state index contributed by atoms with van der Waals surface area (Å²) in [6, 6.07) is 6.46. The molecule has 1 unspecified atom stereocenters. The van der Waals surface area contributed by atoms with Gasteiger partial charge in [0.15, 0.2) is 22.5 Å². The van der Waals surface area contributed by atoms with Crippen LogP contribution in [0.5, 0.6) is 11.5 Å². The van der Waals surface area contributed by atoms with Gasteiger partial charge in [0.05, 0.1) is 20.8 Å². The fraction of sp³-hybridized carbons (Fsp3) is 0.619. The lowest BCUT2D eigenvalue weighted by Crippen LogP contribution is -2.15. The van der Waals surface area contributed by atoms with E-state index in [1.807, 2.05) is 30.0 Å². The molecule has 0 amide bonds. The lowest BCUT2D eigenvalue weighted by Gasteiger charge is -2.26. The van der Waals surface area contributed by atoms with Crippen LogP contribution in [0.2, 0.25) is 0 Å². The van der Waals surface area contributed by atoms with E-state index in [2.05, 4.69) is 14.8 Å². The molecule has 1 aromatic heterocycles. The fourth-order valence-electron chi connectivity index (χ4n) is 4.12. The minimum Gasteiger partial charge on any atom is -0.493 e. The Morgan fingerprint density at radius 1 is 1.07 bits per heavy atom. The van der Waals surface area contributed by atoms with Crippen molar-refractivity contribution in [3.8, 4) is 22.9 Å². The second-order valence-corrected chi connectivity index (χ2v) is 8.57. The zero-order valence-corrected chi connectivity index (χ0v) is 17.5. The molecule has 1 aromatic carbocycles. The van der Waals surface area contributed by atoms with Gasteiger partial charge in [-0.15, -0.1) is 10.2 Å². The molecule has 6 nitrogen and oxygen atoms in total. The number of rotatable bonds is 7. The third kappa shape index (κ3) is 4.15. The van der Waals surface area contributed by atoms with E-state index in [1.54, 1.807) is 14.2 Å². The monoisotopic (exact) mass is 403 g/mol. The van der Waals surface area contributed by atoms with Crippen LogP contribution < -0.4 is 9.47 Å². The first-order chi connectivity index (χ1) is 13.8. The summed E-state index contributed by atoms with van der Waals surface area (Å²) in [5.41, 5.74) is 1.02. The van der Waals surface area contributed by atoms with E-state index in [0.29, 0.717) is 12.0 Å². The first kappa shape index (κ1) is 19.6. The lowest BCUT2D eigenvalue weighted by molar-refractivity contribution is 0.189. The van der Waals surface area contributed by atoms with Crippen LogP contribution in [0.15, 0.2) is 23.4 Å². The maximum atomic E-state index is 5.53. The largest absolute Gasteiger partial charge is 0.493 e. The van der Waals surface area contributed by atoms with Crippen LogP contribution in [-0.2, 0) is 4.74 Å². The zero-order valence-electron chi connectivity index (χ0n) is 16.7. The first-order valence-corrected chi connectivity index (χ1v) is 11.2.